The molecule has 5 nitrogen and oxygen atoms in total. The van der Waals surface area contributed by atoms with Gasteiger partial charge in [0, 0.05) is 10.9 Å². The minimum atomic E-state index is -4.57. The summed E-state index contributed by atoms with van der Waals surface area (Å²) < 4.78 is 46.4. The zero-order valence-electron chi connectivity index (χ0n) is 15.8. The highest BCUT2D eigenvalue weighted by molar-refractivity contribution is 6.08. The van der Waals surface area contributed by atoms with Crippen molar-refractivity contribution in [3.05, 3.63) is 84.1 Å². The standard InChI is InChI=1S/C22H16F3N3O2/c1-30-20-11-10-15(12-17(20)22(23,24)25)28-19-9-5-8-18(16(19)13-26-28)27-21(29)14-6-3-2-4-7-14/h2-13H,1H3,(H,27,29). The summed E-state index contributed by atoms with van der Waals surface area (Å²) in [6, 6.07) is 17.6. The Kier molecular flexibility index (Phi) is 4.91. The van der Waals surface area contributed by atoms with Gasteiger partial charge in [0.1, 0.15) is 5.75 Å². The van der Waals surface area contributed by atoms with Gasteiger partial charge in [-0.25, -0.2) is 4.68 Å². The van der Waals surface area contributed by atoms with E-state index in [1.54, 1.807) is 42.5 Å². The second-order valence-electron chi connectivity index (χ2n) is 6.50. The van der Waals surface area contributed by atoms with Crippen molar-refractivity contribution < 1.29 is 22.7 Å². The fraction of sp³-hybridized carbons (Fsp3) is 0.0909. The number of carbonyl (C=O) groups excluding carboxylic acids is 1. The van der Waals surface area contributed by atoms with Crippen molar-refractivity contribution in [2.75, 3.05) is 12.4 Å². The normalized spacial score (nSPS) is 11.5. The van der Waals surface area contributed by atoms with Crippen LogP contribution in [0.1, 0.15) is 15.9 Å². The molecular weight excluding hydrogens is 395 g/mol. The number of nitrogens with zero attached hydrogens (tertiary/aromatic N) is 2. The molecule has 1 N–H and O–H groups in total. The Bertz CT molecular complexity index is 1220. The highest BCUT2D eigenvalue weighted by atomic mass is 19.4. The van der Waals surface area contributed by atoms with Gasteiger partial charge in [-0.1, -0.05) is 24.3 Å². The van der Waals surface area contributed by atoms with Crippen molar-refractivity contribution in [1.82, 2.24) is 9.78 Å². The second kappa shape index (κ2) is 7.55. The molecule has 4 rings (SSSR count). The number of aromatic nitrogens is 2. The average Bonchev–Trinajstić information content (AvgIpc) is 3.18. The van der Waals surface area contributed by atoms with E-state index in [4.69, 9.17) is 4.74 Å². The summed E-state index contributed by atoms with van der Waals surface area (Å²) in [6.45, 7) is 0. The van der Waals surface area contributed by atoms with E-state index in [-0.39, 0.29) is 17.3 Å². The van der Waals surface area contributed by atoms with Crippen LogP contribution in [-0.4, -0.2) is 22.8 Å². The van der Waals surface area contributed by atoms with Gasteiger partial charge < -0.3 is 10.1 Å². The van der Waals surface area contributed by atoms with Gasteiger partial charge in [-0.05, 0) is 42.5 Å². The van der Waals surface area contributed by atoms with Gasteiger partial charge >= 0.3 is 6.18 Å². The molecule has 1 aromatic heterocycles. The molecule has 8 heteroatoms. The Morgan fingerprint density at radius 2 is 1.80 bits per heavy atom. The summed E-state index contributed by atoms with van der Waals surface area (Å²) >= 11 is 0. The first kappa shape index (κ1) is 19.5. The van der Waals surface area contributed by atoms with Gasteiger partial charge in [0.05, 0.1) is 35.8 Å². The lowest BCUT2D eigenvalue weighted by molar-refractivity contribution is -0.138. The third kappa shape index (κ3) is 3.59. The summed E-state index contributed by atoms with van der Waals surface area (Å²) in [5, 5.41) is 7.67. The molecule has 152 valence electrons. The van der Waals surface area contributed by atoms with Crippen LogP contribution in [-0.2, 0) is 6.18 Å². The molecular formula is C22H16F3N3O2. The van der Waals surface area contributed by atoms with Crippen LogP contribution in [0, 0.1) is 0 Å². The Morgan fingerprint density at radius 3 is 2.50 bits per heavy atom. The Hall–Kier alpha value is -3.81. The fourth-order valence-electron chi connectivity index (χ4n) is 3.20. The smallest absolute Gasteiger partial charge is 0.420 e. The summed E-state index contributed by atoms with van der Waals surface area (Å²) in [7, 11) is 1.19. The number of methoxy groups -OCH3 is 1. The molecule has 0 fully saturated rings. The number of hydrogen-bond acceptors (Lipinski definition) is 3. The van der Waals surface area contributed by atoms with E-state index < -0.39 is 11.7 Å². The summed E-state index contributed by atoms with van der Waals surface area (Å²) in [5.74, 6) is -0.557. The molecule has 1 amide bonds. The van der Waals surface area contributed by atoms with Crippen LogP contribution in [0.25, 0.3) is 16.6 Å². The maximum Gasteiger partial charge on any atom is 0.420 e. The van der Waals surface area contributed by atoms with Gasteiger partial charge in [-0.15, -0.1) is 0 Å². The number of alkyl halides is 3. The van der Waals surface area contributed by atoms with E-state index in [2.05, 4.69) is 10.4 Å². The van der Waals surface area contributed by atoms with Crippen LogP contribution in [0.5, 0.6) is 5.75 Å². The van der Waals surface area contributed by atoms with Crippen LogP contribution < -0.4 is 10.1 Å². The Labute approximate surface area is 169 Å². The first-order valence-electron chi connectivity index (χ1n) is 8.97. The van der Waals surface area contributed by atoms with Crippen molar-refractivity contribution >= 4 is 22.5 Å². The van der Waals surface area contributed by atoms with E-state index >= 15 is 0 Å². The second-order valence-corrected chi connectivity index (χ2v) is 6.50. The maximum absolute atomic E-state index is 13.4. The molecule has 0 unspecified atom stereocenters. The molecule has 4 aromatic rings. The number of halogens is 3. The van der Waals surface area contributed by atoms with Crippen LogP contribution in [0.4, 0.5) is 18.9 Å². The number of anilines is 1. The number of hydrogen-bond donors (Lipinski definition) is 1. The molecule has 0 saturated heterocycles. The highest BCUT2D eigenvalue weighted by Crippen LogP contribution is 2.38. The minimum Gasteiger partial charge on any atom is -0.496 e. The number of nitrogens with one attached hydrogen (secondary N) is 1. The lowest BCUT2D eigenvalue weighted by Crippen LogP contribution is -2.11. The van der Waals surface area contributed by atoms with E-state index in [0.29, 0.717) is 22.2 Å². The van der Waals surface area contributed by atoms with E-state index in [0.717, 1.165) is 6.07 Å². The molecule has 3 aromatic carbocycles. The number of carbonyl (C=O) groups is 1. The molecule has 1 heterocycles. The van der Waals surface area contributed by atoms with Crippen LogP contribution in [0.3, 0.4) is 0 Å². The molecule has 0 aliphatic carbocycles. The van der Waals surface area contributed by atoms with Gasteiger partial charge in [-0.2, -0.15) is 18.3 Å². The minimum absolute atomic E-state index is 0.227. The van der Waals surface area contributed by atoms with Crippen molar-refractivity contribution in [2.24, 2.45) is 0 Å². The third-order valence-electron chi connectivity index (χ3n) is 4.63. The zero-order chi connectivity index (χ0) is 21.3. The van der Waals surface area contributed by atoms with Crippen molar-refractivity contribution in [3.8, 4) is 11.4 Å². The molecule has 0 atom stereocenters. The van der Waals surface area contributed by atoms with Crippen LogP contribution >= 0.6 is 0 Å². The Morgan fingerprint density at radius 1 is 1.03 bits per heavy atom. The van der Waals surface area contributed by atoms with Gasteiger partial charge in [-0.3, -0.25) is 4.79 Å². The molecule has 0 spiro atoms. The number of fused-ring (bicyclic) bond motifs is 1. The lowest BCUT2D eigenvalue weighted by atomic mass is 10.1. The van der Waals surface area contributed by atoms with E-state index in [1.165, 1.54) is 30.1 Å². The molecule has 0 saturated carbocycles. The quantitative estimate of drug-likeness (QED) is 0.496. The maximum atomic E-state index is 13.4. The lowest BCUT2D eigenvalue weighted by Gasteiger charge is -2.14. The zero-order valence-corrected chi connectivity index (χ0v) is 15.8. The molecule has 0 aliphatic rings. The molecule has 0 aliphatic heterocycles. The van der Waals surface area contributed by atoms with Crippen molar-refractivity contribution in [3.63, 3.8) is 0 Å². The summed E-state index contributed by atoms with van der Waals surface area (Å²) in [5.41, 5.74) is 0.896. The first-order valence-corrected chi connectivity index (χ1v) is 8.97. The monoisotopic (exact) mass is 411 g/mol. The summed E-state index contributed by atoms with van der Waals surface area (Å²) in [6.07, 6.45) is -3.06. The van der Waals surface area contributed by atoms with Gasteiger partial charge in [0.25, 0.3) is 5.91 Å². The molecule has 30 heavy (non-hydrogen) atoms. The first-order chi connectivity index (χ1) is 14.4. The topological polar surface area (TPSA) is 56.1 Å². The van der Waals surface area contributed by atoms with Crippen LogP contribution in [0.15, 0.2) is 72.9 Å². The predicted molar refractivity (Wildman–Crippen MR) is 107 cm³/mol. The summed E-state index contributed by atoms with van der Waals surface area (Å²) in [4.78, 5) is 12.5. The number of ether oxygens (including phenoxy) is 1. The highest BCUT2D eigenvalue weighted by Gasteiger charge is 2.34. The van der Waals surface area contributed by atoms with Gasteiger partial charge in [0.15, 0.2) is 0 Å². The predicted octanol–water partition coefficient (Wildman–Crippen LogP) is 5.31. The van der Waals surface area contributed by atoms with E-state index in [1.807, 2.05) is 6.07 Å². The average molecular weight is 411 g/mol. The molecule has 0 bridgehead atoms. The van der Waals surface area contributed by atoms with Crippen molar-refractivity contribution in [2.45, 2.75) is 6.18 Å². The molecule has 0 radical (unpaired) electrons. The Balaban J connectivity index is 1.75. The SMILES string of the molecule is COc1ccc(-n2ncc3c(NC(=O)c4ccccc4)cccc32)cc1C(F)(F)F. The van der Waals surface area contributed by atoms with E-state index in [9.17, 15) is 18.0 Å². The van der Waals surface area contributed by atoms with Crippen LogP contribution in [0.2, 0.25) is 0 Å². The van der Waals surface area contributed by atoms with Gasteiger partial charge in [0.2, 0.25) is 0 Å². The fourth-order valence-corrected chi connectivity index (χ4v) is 3.20. The largest absolute Gasteiger partial charge is 0.496 e. The number of benzene rings is 3. The van der Waals surface area contributed by atoms with Crippen molar-refractivity contribution in [1.29, 1.82) is 0 Å². The number of rotatable bonds is 4. The third-order valence-corrected chi connectivity index (χ3v) is 4.63. The number of amides is 1.